The number of pyridine rings is 1. The van der Waals surface area contributed by atoms with Crippen LogP contribution >= 0.6 is 0 Å². The van der Waals surface area contributed by atoms with Crippen LogP contribution in [0.2, 0.25) is 0 Å². The summed E-state index contributed by atoms with van der Waals surface area (Å²) in [6, 6.07) is 5.81. The van der Waals surface area contributed by atoms with Gasteiger partial charge in [0.2, 0.25) is 11.8 Å². The molecule has 5 heteroatoms. The number of hydrogen-bond acceptors (Lipinski definition) is 4. The summed E-state index contributed by atoms with van der Waals surface area (Å²) in [6.07, 6.45) is 13.8. The van der Waals surface area contributed by atoms with E-state index in [-0.39, 0.29) is 18.1 Å². The molecule has 1 aromatic heterocycles. The minimum Gasteiger partial charge on any atom is -0.474 e. The lowest BCUT2D eigenvalue weighted by atomic mass is 9.86. The van der Waals surface area contributed by atoms with Crippen LogP contribution in [-0.2, 0) is 4.79 Å². The molecule has 0 radical (unpaired) electrons. The minimum absolute atomic E-state index is 0.144. The summed E-state index contributed by atoms with van der Waals surface area (Å²) in [5.74, 6) is 1.55. The highest BCUT2D eigenvalue weighted by Crippen LogP contribution is 2.27. The molecule has 1 aromatic rings. The lowest BCUT2D eigenvalue weighted by Gasteiger charge is -2.29. The topological polar surface area (TPSA) is 75.0 Å². The normalized spacial score (nSPS) is 23.8. The first-order valence-electron chi connectivity index (χ1n) is 10.0. The fraction of sp³-hybridized carbons (Fsp3) is 0.667. The van der Waals surface area contributed by atoms with Gasteiger partial charge < -0.3 is 10.1 Å². The zero-order valence-electron chi connectivity index (χ0n) is 15.5. The van der Waals surface area contributed by atoms with Crippen molar-refractivity contribution in [2.45, 2.75) is 82.8 Å². The van der Waals surface area contributed by atoms with Gasteiger partial charge in [0.1, 0.15) is 12.2 Å². The van der Waals surface area contributed by atoms with Crippen molar-refractivity contribution in [3.05, 3.63) is 23.9 Å². The molecule has 0 unspecified atom stereocenters. The molecule has 0 aliphatic heterocycles. The van der Waals surface area contributed by atoms with Crippen LogP contribution in [0, 0.1) is 17.2 Å². The average Bonchev–Trinajstić information content (AvgIpc) is 2.69. The molecule has 0 aromatic carbocycles. The number of carbonyl (C=O) groups excluding carboxylic acids is 1. The predicted molar refractivity (Wildman–Crippen MR) is 99.6 cm³/mol. The number of carbonyl (C=O) groups is 1. The Hall–Kier alpha value is -2.09. The van der Waals surface area contributed by atoms with E-state index in [1.54, 1.807) is 12.1 Å². The van der Waals surface area contributed by atoms with Gasteiger partial charge in [0.05, 0.1) is 5.56 Å². The minimum atomic E-state index is 0.144. The van der Waals surface area contributed by atoms with Gasteiger partial charge >= 0.3 is 0 Å². The lowest BCUT2D eigenvalue weighted by molar-refractivity contribution is -0.122. The van der Waals surface area contributed by atoms with Crippen LogP contribution in [0.1, 0.15) is 76.2 Å². The van der Waals surface area contributed by atoms with Crippen LogP contribution in [0.25, 0.3) is 0 Å². The van der Waals surface area contributed by atoms with Crippen LogP contribution < -0.4 is 10.1 Å². The molecule has 2 aliphatic rings. The monoisotopic (exact) mass is 355 g/mol. The standard InChI is InChI=1S/C21H29N3O2/c22-14-17-7-13-21(23-15-17)26-19-10-8-18(9-11-19)24-20(25)12-6-16-4-2-1-3-5-16/h7,13,15-16,18-19H,1-6,8-12H2,(H,24,25). The number of aromatic nitrogens is 1. The molecule has 5 nitrogen and oxygen atoms in total. The number of nitrogens with one attached hydrogen (secondary N) is 1. The summed E-state index contributed by atoms with van der Waals surface area (Å²) in [5, 5.41) is 12.0. The first kappa shape index (κ1) is 18.7. The third kappa shape index (κ3) is 5.72. The van der Waals surface area contributed by atoms with Crippen LogP contribution in [0.3, 0.4) is 0 Å². The number of amides is 1. The van der Waals surface area contributed by atoms with Crippen molar-refractivity contribution in [2.75, 3.05) is 0 Å². The summed E-state index contributed by atoms with van der Waals surface area (Å²) < 4.78 is 5.90. The predicted octanol–water partition coefficient (Wildman–Crippen LogP) is 4.12. The van der Waals surface area contributed by atoms with Gasteiger partial charge in [0, 0.05) is 24.7 Å². The van der Waals surface area contributed by atoms with E-state index < -0.39 is 0 Å². The van der Waals surface area contributed by atoms with Crippen molar-refractivity contribution in [3.8, 4) is 11.9 Å². The molecular formula is C21H29N3O2. The fourth-order valence-electron chi connectivity index (χ4n) is 4.12. The highest BCUT2D eigenvalue weighted by molar-refractivity contribution is 5.76. The molecule has 0 atom stereocenters. The number of ether oxygens (including phenoxy) is 1. The highest BCUT2D eigenvalue weighted by Gasteiger charge is 2.24. The molecular weight excluding hydrogens is 326 g/mol. The van der Waals surface area contributed by atoms with E-state index in [1.807, 2.05) is 0 Å². The molecule has 0 bridgehead atoms. The van der Waals surface area contributed by atoms with Crippen molar-refractivity contribution in [1.82, 2.24) is 10.3 Å². The Kier molecular flexibility index (Phi) is 6.88. The Morgan fingerprint density at radius 2 is 1.92 bits per heavy atom. The molecule has 3 rings (SSSR count). The molecule has 1 amide bonds. The van der Waals surface area contributed by atoms with Gasteiger partial charge in [-0.05, 0) is 44.1 Å². The number of nitrogens with zero attached hydrogens (tertiary/aromatic N) is 2. The van der Waals surface area contributed by atoms with E-state index in [2.05, 4.69) is 16.4 Å². The second kappa shape index (κ2) is 9.56. The SMILES string of the molecule is N#Cc1ccc(OC2CCC(NC(=O)CCC3CCCCC3)CC2)nc1. The van der Waals surface area contributed by atoms with E-state index in [1.165, 1.54) is 38.3 Å². The summed E-state index contributed by atoms with van der Waals surface area (Å²) in [6.45, 7) is 0. The zero-order chi connectivity index (χ0) is 18.2. The lowest BCUT2D eigenvalue weighted by Crippen LogP contribution is -2.39. The molecule has 0 spiro atoms. The van der Waals surface area contributed by atoms with Crippen molar-refractivity contribution < 1.29 is 9.53 Å². The number of hydrogen-bond donors (Lipinski definition) is 1. The molecule has 26 heavy (non-hydrogen) atoms. The van der Waals surface area contributed by atoms with Crippen molar-refractivity contribution in [3.63, 3.8) is 0 Å². The van der Waals surface area contributed by atoms with E-state index in [0.717, 1.165) is 38.0 Å². The first-order chi connectivity index (χ1) is 12.7. The van der Waals surface area contributed by atoms with Gasteiger partial charge in [0.25, 0.3) is 0 Å². The second-order valence-electron chi connectivity index (χ2n) is 7.70. The van der Waals surface area contributed by atoms with E-state index >= 15 is 0 Å². The van der Waals surface area contributed by atoms with Crippen LogP contribution in [-0.4, -0.2) is 23.0 Å². The largest absolute Gasteiger partial charge is 0.474 e. The van der Waals surface area contributed by atoms with Gasteiger partial charge in [-0.1, -0.05) is 32.1 Å². The molecule has 2 fully saturated rings. The van der Waals surface area contributed by atoms with Crippen molar-refractivity contribution in [1.29, 1.82) is 5.26 Å². The maximum absolute atomic E-state index is 12.2. The first-order valence-corrected chi connectivity index (χ1v) is 10.0. The van der Waals surface area contributed by atoms with Gasteiger partial charge in [0.15, 0.2) is 0 Å². The van der Waals surface area contributed by atoms with Crippen LogP contribution in [0.15, 0.2) is 18.3 Å². The van der Waals surface area contributed by atoms with Crippen molar-refractivity contribution in [2.24, 2.45) is 5.92 Å². The Bertz CT molecular complexity index is 609. The number of rotatable bonds is 6. The Morgan fingerprint density at radius 3 is 2.58 bits per heavy atom. The van der Waals surface area contributed by atoms with Gasteiger partial charge in [-0.25, -0.2) is 4.98 Å². The summed E-state index contributed by atoms with van der Waals surface area (Å²) in [7, 11) is 0. The smallest absolute Gasteiger partial charge is 0.220 e. The van der Waals surface area contributed by atoms with E-state index in [4.69, 9.17) is 10.00 Å². The summed E-state index contributed by atoms with van der Waals surface area (Å²) >= 11 is 0. The third-order valence-electron chi connectivity index (χ3n) is 5.70. The van der Waals surface area contributed by atoms with Crippen molar-refractivity contribution >= 4 is 5.91 Å². The zero-order valence-corrected chi connectivity index (χ0v) is 15.5. The Balaban J connectivity index is 1.33. The molecule has 140 valence electrons. The highest BCUT2D eigenvalue weighted by atomic mass is 16.5. The van der Waals surface area contributed by atoms with Crippen LogP contribution in [0.5, 0.6) is 5.88 Å². The fourth-order valence-corrected chi connectivity index (χ4v) is 4.12. The molecule has 0 saturated heterocycles. The van der Waals surface area contributed by atoms with E-state index in [0.29, 0.717) is 17.9 Å². The maximum atomic E-state index is 12.2. The molecule has 2 saturated carbocycles. The second-order valence-corrected chi connectivity index (χ2v) is 7.70. The molecule has 1 heterocycles. The van der Waals surface area contributed by atoms with Gasteiger partial charge in [-0.3, -0.25) is 4.79 Å². The maximum Gasteiger partial charge on any atom is 0.220 e. The molecule has 1 N–H and O–H groups in total. The third-order valence-corrected chi connectivity index (χ3v) is 5.70. The van der Waals surface area contributed by atoms with Gasteiger partial charge in [-0.15, -0.1) is 0 Å². The van der Waals surface area contributed by atoms with Crippen LogP contribution in [0.4, 0.5) is 0 Å². The number of nitriles is 1. The average molecular weight is 355 g/mol. The quantitative estimate of drug-likeness (QED) is 0.833. The summed E-state index contributed by atoms with van der Waals surface area (Å²) in [5.41, 5.74) is 0.539. The molecule has 2 aliphatic carbocycles. The van der Waals surface area contributed by atoms with E-state index in [9.17, 15) is 4.79 Å². The van der Waals surface area contributed by atoms with Gasteiger partial charge in [-0.2, -0.15) is 5.26 Å². The Labute approximate surface area is 156 Å². The Morgan fingerprint density at radius 1 is 1.15 bits per heavy atom. The summed E-state index contributed by atoms with van der Waals surface area (Å²) in [4.78, 5) is 16.4.